The average molecular weight is 316 g/mol. The molecule has 1 aliphatic carbocycles. The molecule has 0 saturated heterocycles. The topological polar surface area (TPSA) is 54.0 Å². The van der Waals surface area contributed by atoms with Crippen molar-refractivity contribution in [3.8, 4) is 0 Å². The van der Waals surface area contributed by atoms with E-state index in [-0.39, 0.29) is 5.97 Å². The zero-order chi connectivity index (χ0) is 16.5. The van der Waals surface area contributed by atoms with Crippen molar-refractivity contribution in [2.75, 3.05) is 33.0 Å². The van der Waals surface area contributed by atoms with E-state index in [1.165, 1.54) is 0 Å². The van der Waals surface area contributed by atoms with Crippen LogP contribution in [0.5, 0.6) is 0 Å². The minimum absolute atomic E-state index is 0.233. The molecule has 0 aromatic rings. The molecule has 1 fully saturated rings. The van der Waals surface area contributed by atoms with Gasteiger partial charge in [0.25, 0.3) is 0 Å². The van der Waals surface area contributed by atoms with Gasteiger partial charge in [-0.25, -0.2) is 4.79 Å². The summed E-state index contributed by atoms with van der Waals surface area (Å²) in [7, 11) is 0. The third kappa shape index (κ3) is 7.07. The molecule has 0 spiro atoms. The number of hydrogen-bond donors (Lipinski definition) is 0. The van der Waals surface area contributed by atoms with Gasteiger partial charge in [-0.3, -0.25) is 0 Å². The molecule has 0 N–H and O–H groups in total. The minimum atomic E-state index is -0.769. The molecule has 0 aromatic heterocycles. The summed E-state index contributed by atoms with van der Waals surface area (Å²) in [5.74, 6) is -0.233. The second-order valence-electron chi connectivity index (χ2n) is 6.78. The lowest BCUT2D eigenvalue weighted by molar-refractivity contribution is -0.185. The Morgan fingerprint density at radius 3 is 2.05 bits per heavy atom. The Labute approximate surface area is 134 Å². The normalized spacial score (nSPS) is 17.6. The fraction of sp³-hybridized carbons (Fsp3) is 0.941. The van der Waals surface area contributed by atoms with Crippen molar-refractivity contribution >= 4 is 5.97 Å². The quantitative estimate of drug-likeness (QED) is 0.458. The van der Waals surface area contributed by atoms with Crippen LogP contribution in [0.25, 0.3) is 0 Å². The van der Waals surface area contributed by atoms with E-state index in [1.807, 2.05) is 20.8 Å². The van der Waals surface area contributed by atoms with Gasteiger partial charge in [-0.2, -0.15) is 0 Å². The van der Waals surface area contributed by atoms with Gasteiger partial charge in [0.15, 0.2) is 5.60 Å². The molecule has 0 unspecified atom stereocenters. The van der Waals surface area contributed by atoms with Gasteiger partial charge in [0.1, 0.15) is 5.60 Å². The Bertz CT molecular complexity index is 316. The van der Waals surface area contributed by atoms with E-state index in [4.69, 9.17) is 18.9 Å². The molecule has 1 rings (SSSR count). The zero-order valence-electron chi connectivity index (χ0n) is 14.6. The smallest absolute Gasteiger partial charge is 0.338 e. The lowest BCUT2D eigenvalue weighted by atomic mass is 10.0. The highest BCUT2D eigenvalue weighted by molar-refractivity contribution is 5.80. The largest absolute Gasteiger partial charge is 0.458 e. The van der Waals surface area contributed by atoms with Crippen molar-refractivity contribution in [1.82, 2.24) is 0 Å². The maximum absolute atomic E-state index is 12.4. The Kier molecular flexibility index (Phi) is 8.36. The van der Waals surface area contributed by atoms with Gasteiger partial charge in [-0.15, -0.1) is 0 Å². The van der Waals surface area contributed by atoms with Crippen LogP contribution in [0.15, 0.2) is 0 Å². The van der Waals surface area contributed by atoms with Crippen molar-refractivity contribution in [1.29, 1.82) is 0 Å². The van der Waals surface area contributed by atoms with E-state index in [2.05, 4.69) is 6.92 Å². The van der Waals surface area contributed by atoms with Crippen LogP contribution in [0.4, 0.5) is 0 Å². The Balaban J connectivity index is 2.28. The SMILES string of the molecule is CCCOCCOCCOC1(C(=O)OC(C)(C)C)CCCC1. The summed E-state index contributed by atoms with van der Waals surface area (Å²) in [4.78, 5) is 12.4. The second kappa shape index (κ2) is 9.48. The van der Waals surface area contributed by atoms with Gasteiger partial charge in [-0.05, 0) is 52.9 Å². The highest BCUT2D eigenvalue weighted by Crippen LogP contribution is 2.35. The number of carbonyl (C=O) groups is 1. The number of hydrogen-bond acceptors (Lipinski definition) is 5. The van der Waals surface area contributed by atoms with E-state index < -0.39 is 11.2 Å². The summed E-state index contributed by atoms with van der Waals surface area (Å²) in [6.45, 7) is 10.5. The van der Waals surface area contributed by atoms with Gasteiger partial charge in [0, 0.05) is 6.61 Å². The third-order valence-corrected chi connectivity index (χ3v) is 3.51. The molecule has 0 atom stereocenters. The summed E-state index contributed by atoms with van der Waals surface area (Å²) in [5, 5.41) is 0. The predicted molar refractivity (Wildman–Crippen MR) is 84.9 cm³/mol. The maximum Gasteiger partial charge on any atom is 0.338 e. The van der Waals surface area contributed by atoms with E-state index >= 15 is 0 Å². The van der Waals surface area contributed by atoms with Gasteiger partial charge >= 0.3 is 5.97 Å². The molecular formula is C17H32O5. The highest BCUT2D eigenvalue weighted by atomic mass is 16.6. The Morgan fingerprint density at radius 1 is 0.955 bits per heavy atom. The van der Waals surface area contributed by atoms with Crippen LogP contribution in [0.3, 0.4) is 0 Å². The van der Waals surface area contributed by atoms with Gasteiger partial charge in [-0.1, -0.05) is 6.92 Å². The van der Waals surface area contributed by atoms with Crippen molar-refractivity contribution < 1.29 is 23.7 Å². The molecule has 22 heavy (non-hydrogen) atoms. The first-order valence-electron chi connectivity index (χ1n) is 8.42. The Hall–Kier alpha value is -0.650. The Morgan fingerprint density at radius 2 is 1.50 bits per heavy atom. The second-order valence-corrected chi connectivity index (χ2v) is 6.78. The van der Waals surface area contributed by atoms with Crippen LogP contribution >= 0.6 is 0 Å². The van der Waals surface area contributed by atoms with Crippen LogP contribution < -0.4 is 0 Å². The third-order valence-electron chi connectivity index (χ3n) is 3.51. The van der Waals surface area contributed by atoms with Crippen LogP contribution in [-0.2, 0) is 23.7 Å². The average Bonchev–Trinajstić information content (AvgIpc) is 2.90. The first-order valence-corrected chi connectivity index (χ1v) is 8.42. The molecule has 1 aliphatic rings. The van der Waals surface area contributed by atoms with Crippen molar-refractivity contribution in [2.24, 2.45) is 0 Å². The summed E-state index contributed by atoms with van der Waals surface area (Å²) < 4.78 is 22.2. The maximum atomic E-state index is 12.4. The van der Waals surface area contributed by atoms with Gasteiger partial charge in [0.05, 0.1) is 26.4 Å². The summed E-state index contributed by atoms with van der Waals surface area (Å²) in [5.41, 5.74) is -1.25. The lowest BCUT2D eigenvalue weighted by Gasteiger charge is -2.31. The molecule has 0 aliphatic heterocycles. The number of esters is 1. The number of rotatable bonds is 10. The molecule has 0 heterocycles. The van der Waals surface area contributed by atoms with E-state index in [0.29, 0.717) is 26.4 Å². The van der Waals surface area contributed by atoms with E-state index in [1.54, 1.807) is 0 Å². The molecule has 0 bridgehead atoms. The van der Waals surface area contributed by atoms with Crippen molar-refractivity contribution in [3.05, 3.63) is 0 Å². The number of ether oxygens (including phenoxy) is 4. The van der Waals surface area contributed by atoms with Crippen molar-refractivity contribution in [2.45, 2.75) is 71.0 Å². The molecule has 0 aromatic carbocycles. The van der Waals surface area contributed by atoms with Crippen LogP contribution in [-0.4, -0.2) is 50.2 Å². The predicted octanol–water partition coefficient (Wildman–Crippen LogP) is 3.10. The lowest BCUT2D eigenvalue weighted by Crippen LogP contribution is -2.44. The summed E-state index contributed by atoms with van der Waals surface area (Å²) in [6, 6.07) is 0. The zero-order valence-corrected chi connectivity index (χ0v) is 14.6. The van der Waals surface area contributed by atoms with Gasteiger partial charge < -0.3 is 18.9 Å². The first kappa shape index (κ1) is 19.4. The number of carbonyl (C=O) groups excluding carboxylic acids is 1. The molecule has 1 saturated carbocycles. The molecule has 0 radical (unpaired) electrons. The minimum Gasteiger partial charge on any atom is -0.458 e. The standard InChI is InChI=1S/C17H32O5/c1-5-10-19-11-12-20-13-14-21-17(8-6-7-9-17)15(18)22-16(2,3)4/h5-14H2,1-4H3. The molecule has 0 amide bonds. The van der Waals surface area contributed by atoms with Crippen LogP contribution in [0.1, 0.15) is 59.8 Å². The summed E-state index contributed by atoms with van der Waals surface area (Å²) >= 11 is 0. The van der Waals surface area contributed by atoms with Crippen LogP contribution in [0, 0.1) is 0 Å². The monoisotopic (exact) mass is 316 g/mol. The fourth-order valence-corrected chi connectivity index (χ4v) is 2.49. The molecular weight excluding hydrogens is 284 g/mol. The highest BCUT2D eigenvalue weighted by Gasteiger charge is 2.45. The van der Waals surface area contributed by atoms with Crippen LogP contribution in [0.2, 0.25) is 0 Å². The molecule has 5 nitrogen and oxygen atoms in total. The fourth-order valence-electron chi connectivity index (χ4n) is 2.49. The molecule has 130 valence electrons. The summed E-state index contributed by atoms with van der Waals surface area (Å²) in [6.07, 6.45) is 4.50. The van der Waals surface area contributed by atoms with Crippen molar-refractivity contribution in [3.63, 3.8) is 0 Å². The van der Waals surface area contributed by atoms with E-state index in [0.717, 1.165) is 38.7 Å². The first-order chi connectivity index (χ1) is 10.4. The van der Waals surface area contributed by atoms with Gasteiger partial charge in [0.2, 0.25) is 0 Å². The van der Waals surface area contributed by atoms with E-state index in [9.17, 15) is 4.79 Å². The molecule has 5 heteroatoms.